The third kappa shape index (κ3) is 3.75. The Labute approximate surface area is 114 Å². The van der Waals surface area contributed by atoms with E-state index in [1.54, 1.807) is 7.11 Å². The second kappa shape index (κ2) is 7.03. The molecule has 2 rings (SSSR count). The van der Waals surface area contributed by atoms with Crippen LogP contribution in [-0.4, -0.2) is 27.6 Å². The molecule has 2 aromatic carbocycles. The van der Waals surface area contributed by atoms with Crippen molar-refractivity contribution in [2.45, 2.75) is 0 Å². The molecular formula is C16H14OSe. The summed E-state index contributed by atoms with van der Waals surface area (Å²) in [4.78, 5) is 0. The Bertz CT molecular complexity index is 552. The van der Waals surface area contributed by atoms with Gasteiger partial charge in [-0.2, -0.15) is 0 Å². The minimum absolute atomic E-state index is 0.330. The summed E-state index contributed by atoms with van der Waals surface area (Å²) in [7, 11) is 1.74. The molecule has 2 aromatic rings. The molecule has 2 heteroatoms. The van der Waals surface area contributed by atoms with Crippen LogP contribution in [0.4, 0.5) is 0 Å². The molecule has 0 unspecified atom stereocenters. The van der Waals surface area contributed by atoms with Crippen LogP contribution in [0.25, 0.3) is 0 Å². The van der Waals surface area contributed by atoms with E-state index >= 15 is 0 Å². The van der Waals surface area contributed by atoms with Gasteiger partial charge in [-0.25, -0.2) is 0 Å². The molecule has 1 nitrogen and oxygen atoms in total. The molecule has 0 spiro atoms. The Balaban J connectivity index is 2.21. The summed E-state index contributed by atoms with van der Waals surface area (Å²) < 4.78 is 6.44. The van der Waals surface area contributed by atoms with Gasteiger partial charge in [-0.3, -0.25) is 0 Å². The van der Waals surface area contributed by atoms with Gasteiger partial charge in [0, 0.05) is 0 Å². The molecule has 0 N–H and O–H groups in total. The second-order valence-corrected chi connectivity index (χ2v) is 5.69. The average molecular weight is 301 g/mol. The van der Waals surface area contributed by atoms with Gasteiger partial charge in [-0.15, -0.1) is 0 Å². The van der Waals surface area contributed by atoms with Crippen LogP contribution in [0.5, 0.6) is 0 Å². The zero-order valence-corrected chi connectivity index (χ0v) is 11.9. The molecule has 0 aliphatic heterocycles. The summed E-state index contributed by atoms with van der Waals surface area (Å²) in [5, 5.41) is 0. The number of benzene rings is 2. The fourth-order valence-electron chi connectivity index (χ4n) is 1.48. The van der Waals surface area contributed by atoms with Gasteiger partial charge in [-0.1, -0.05) is 0 Å². The fourth-order valence-corrected chi connectivity index (χ4v) is 2.94. The van der Waals surface area contributed by atoms with E-state index in [1.165, 1.54) is 4.46 Å². The van der Waals surface area contributed by atoms with Crippen molar-refractivity contribution in [2.24, 2.45) is 0 Å². The summed E-state index contributed by atoms with van der Waals surface area (Å²) in [6, 6.07) is 18.3. The first kappa shape index (κ1) is 12.9. The van der Waals surface area contributed by atoms with E-state index in [9.17, 15) is 0 Å². The van der Waals surface area contributed by atoms with E-state index in [0.29, 0.717) is 15.0 Å². The van der Waals surface area contributed by atoms with Crippen LogP contribution in [0, 0.1) is 11.8 Å². The molecule has 0 atom stereocenters. The van der Waals surface area contributed by atoms with Crippen molar-refractivity contribution in [3.8, 4) is 11.8 Å². The third-order valence-corrected chi connectivity index (χ3v) is 4.48. The van der Waals surface area contributed by atoms with Crippen LogP contribution in [0.2, 0.25) is 0 Å². The summed E-state index contributed by atoms with van der Waals surface area (Å²) in [5.74, 6) is 6.45. The quantitative estimate of drug-likeness (QED) is 0.622. The molecule has 0 fully saturated rings. The van der Waals surface area contributed by atoms with Gasteiger partial charge in [-0.05, 0) is 0 Å². The zero-order chi connectivity index (χ0) is 12.6. The molecule has 0 bridgehead atoms. The monoisotopic (exact) mass is 302 g/mol. The molecule has 0 saturated heterocycles. The first-order valence-electron chi connectivity index (χ1n) is 5.68. The first-order valence-corrected chi connectivity index (χ1v) is 7.75. The molecule has 18 heavy (non-hydrogen) atoms. The topological polar surface area (TPSA) is 9.23 Å². The Morgan fingerprint density at radius 3 is 2.44 bits per heavy atom. The van der Waals surface area contributed by atoms with Gasteiger partial charge in [0.15, 0.2) is 0 Å². The van der Waals surface area contributed by atoms with Crippen molar-refractivity contribution in [3.63, 3.8) is 0 Å². The summed E-state index contributed by atoms with van der Waals surface area (Å²) in [5.41, 5.74) is 2.95. The maximum absolute atomic E-state index is 5.14. The zero-order valence-electron chi connectivity index (χ0n) is 10.2. The van der Waals surface area contributed by atoms with Crippen molar-refractivity contribution in [3.05, 3.63) is 65.7 Å². The van der Waals surface area contributed by atoms with E-state index in [-0.39, 0.29) is 0 Å². The van der Waals surface area contributed by atoms with Crippen LogP contribution >= 0.6 is 0 Å². The standard InChI is InChI=1S/C16H14OSe/c1-17-13-18-16-10-6-5-9-15(16)12-11-14-7-3-2-4-8-14/h2-10H,13H2,1H3. The predicted molar refractivity (Wildman–Crippen MR) is 76.1 cm³/mol. The predicted octanol–water partition coefficient (Wildman–Crippen LogP) is 2.02. The van der Waals surface area contributed by atoms with Crippen LogP contribution in [-0.2, 0) is 4.74 Å². The van der Waals surface area contributed by atoms with Gasteiger partial charge in [0.2, 0.25) is 0 Å². The van der Waals surface area contributed by atoms with Crippen molar-refractivity contribution >= 4 is 19.4 Å². The van der Waals surface area contributed by atoms with E-state index in [0.717, 1.165) is 16.6 Å². The Morgan fingerprint density at radius 1 is 0.944 bits per heavy atom. The number of hydrogen-bond acceptors (Lipinski definition) is 1. The SMILES string of the molecule is COC[Se]c1ccccc1C#Cc1ccccc1. The Morgan fingerprint density at radius 2 is 1.67 bits per heavy atom. The number of hydrogen-bond donors (Lipinski definition) is 0. The molecule has 0 radical (unpaired) electrons. The summed E-state index contributed by atoms with van der Waals surface area (Å²) in [6.45, 7) is 0. The molecule has 0 heterocycles. The average Bonchev–Trinajstić information content (AvgIpc) is 2.45. The van der Waals surface area contributed by atoms with E-state index < -0.39 is 0 Å². The van der Waals surface area contributed by atoms with Crippen molar-refractivity contribution < 1.29 is 4.74 Å². The molecule has 90 valence electrons. The molecule has 0 aliphatic carbocycles. The van der Waals surface area contributed by atoms with Gasteiger partial charge in [0.25, 0.3) is 0 Å². The van der Waals surface area contributed by atoms with Crippen LogP contribution in [0.3, 0.4) is 0 Å². The van der Waals surface area contributed by atoms with Crippen molar-refractivity contribution in [1.29, 1.82) is 0 Å². The molecule has 0 saturated carbocycles. The Hall–Kier alpha value is -1.52. The molecule has 0 aliphatic rings. The van der Waals surface area contributed by atoms with Crippen molar-refractivity contribution in [2.75, 3.05) is 12.6 Å². The van der Waals surface area contributed by atoms with Gasteiger partial charge >= 0.3 is 114 Å². The van der Waals surface area contributed by atoms with Gasteiger partial charge in [0.1, 0.15) is 0 Å². The summed E-state index contributed by atoms with van der Waals surface area (Å²) in [6.07, 6.45) is 0. The minimum atomic E-state index is 0.330. The van der Waals surface area contributed by atoms with Gasteiger partial charge < -0.3 is 0 Å². The van der Waals surface area contributed by atoms with E-state index in [1.807, 2.05) is 36.4 Å². The van der Waals surface area contributed by atoms with Gasteiger partial charge in [0.05, 0.1) is 0 Å². The molecule has 0 amide bonds. The van der Waals surface area contributed by atoms with Crippen LogP contribution in [0.15, 0.2) is 54.6 Å². The van der Waals surface area contributed by atoms with Crippen LogP contribution < -0.4 is 4.46 Å². The fraction of sp³-hybridized carbons (Fsp3) is 0.125. The number of ether oxygens (including phenoxy) is 1. The molecular weight excluding hydrogens is 287 g/mol. The van der Waals surface area contributed by atoms with E-state index in [4.69, 9.17) is 4.74 Å². The van der Waals surface area contributed by atoms with Crippen molar-refractivity contribution in [1.82, 2.24) is 0 Å². The third-order valence-electron chi connectivity index (χ3n) is 2.33. The van der Waals surface area contributed by atoms with Crippen LogP contribution in [0.1, 0.15) is 11.1 Å². The molecule has 0 aromatic heterocycles. The Kier molecular flexibility index (Phi) is 5.05. The maximum atomic E-state index is 5.14. The second-order valence-electron chi connectivity index (χ2n) is 3.66. The first-order chi connectivity index (χ1) is 8.90. The van der Waals surface area contributed by atoms with E-state index in [2.05, 4.69) is 30.0 Å². The normalized spacial score (nSPS) is 9.61. The number of rotatable bonds is 3. The summed E-state index contributed by atoms with van der Waals surface area (Å²) >= 11 is 0.330. The number of methoxy groups -OCH3 is 1.